The van der Waals surface area contributed by atoms with E-state index in [4.69, 9.17) is 17.0 Å². The molecule has 0 bridgehead atoms. The predicted molar refractivity (Wildman–Crippen MR) is 109 cm³/mol. The van der Waals surface area contributed by atoms with Gasteiger partial charge in [0.15, 0.2) is 11.4 Å². The van der Waals surface area contributed by atoms with Crippen LogP contribution < -0.4 is 9.64 Å². The Morgan fingerprint density at radius 3 is 2.59 bits per heavy atom. The fourth-order valence-corrected chi connectivity index (χ4v) is 4.33. The van der Waals surface area contributed by atoms with Gasteiger partial charge in [0.2, 0.25) is 0 Å². The molecule has 1 fully saturated rings. The highest BCUT2D eigenvalue weighted by molar-refractivity contribution is 7.71. The van der Waals surface area contributed by atoms with Crippen molar-refractivity contribution in [2.45, 2.75) is 32.5 Å². The van der Waals surface area contributed by atoms with Gasteiger partial charge in [0, 0.05) is 5.69 Å². The number of imidazole rings is 1. The number of benzene rings is 2. The summed E-state index contributed by atoms with van der Waals surface area (Å²) < 4.78 is 10.7. The van der Waals surface area contributed by atoms with E-state index in [1.54, 1.807) is 0 Å². The number of aromatic nitrogens is 2. The summed E-state index contributed by atoms with van der Waals surface area (Å²) >= 11 is 5.88. The van der Waals surface area contributed by atoms with Crippen molar-refractivity contribution in [1.29, 1.82) is 0 Å². The van der Waals surface area contributed by atoms with Crippen molar-refractivity contribution >= 4 is 23.3 Å². The summed E-state index contributed by atoms with van der Waals surface area (Å²) in [7, 11) is 0. The molecule has 0 saturated carbocycles. The molecule has 2 N–H and O–H groups in total. The maximum atomic E-state index is 10.0. The molecule has 0 aliphatic carbocycles. The molecule has 1 saturated heterocycles. The number of fused-ring (bicyclic) bond motifs is 1. The van der Waals surface area contributed by atoms with Gasteiger partial charge >= 0.3 is 0 Å². The fourth-order valence-electron chi connectivity index (χ4n) is 3.96. The second-order valence-electron chi connectivity index (χ2n) is 7.12. The first-order valence-corrected chi connectivity index (χ1v) is 10.0. The highest BCUT2D eigenvalue weighted by Gasteiger charge is 2.23. The Balaban J connectivity index is 1.75. The highest BCUT2D eigenvalue weighted by Crippen LogP contribution is 2.23. The number of rotatable bonds is 5. The molecule has 27 heavy (non-hydrogen) atoms. The predicted octanol–water partition coefficient (Wildman–Crippen LogP) is 2.56. The van der Waals surface area contributed by atoms with Crippen LogP contribution in [0.2, 0.25) is 0 Å². The molecule has 2 atom stereocenters. The summed E-state index contributed by atoms with van der Waals surface area (Å²) in [6.07, 6.45) is 1.76. The van der Waals surface area contributed by atoms with Gasteiger partial charge in [0.1, 0.15) is 18.4 Å². The number of hydrogen-bond donors (Lipinski definition) is 2. The van der Waals surface area contributed by atoms with E-state index < -0.39 is 0 Å². The van der Waals surface area contributed by atoms with Crippen molar-refractivity contribution in [2.24, 2.45) is 0 Å². The number of para-hydroxylation sites is 2. The molecular formula is C21H26N3O2S+. The van der Waals surface area contributed by atoms with Crippen LogP contribution >= 0.6 is 12.2 Å². The molecule has 2 heterocycles. The molecular weight excluding hydrogens is 358 g/mol. The summed E-state index contributed by atoms with van der Waals surface area (Å²) in [5.74, 6) is 0.864. The summed E-state index contributed by atoms with van der Waals surface area (Å²) in [4.78, 5) is 1.37. The van der Waals surface area contributed by atoms with E-state index in [0.717, 1.165) is 59.8 Å². The lowest BCUT2D eigenvalue weighted by Crippen LogP contribution is -3.13. The molecule has 5 nitrogen and oxygen atoms in total. The largest absolute Gasteiger partial charge is 0.494 e. The molecule has 3 aromatic rings. The van der Waals surface area contributed by atoms with Gasteiger partial charge in [0.25, 0.3) is 0 Å². The number of quaternary nitrogens is 1. The van der Waals surface area contributed by atoms with Gasteiger partial charge in [-0.1, -0.05) is 12.1 Å². The first-order valence-electron chi connectivity index (χ1n) is 9.62. The number of ether oxygens (including phenoxy) is 1. The molecule has 0 amide bonds. The van der Waals surface area contributed by atoms with E-state index >= 15 is 0 Å². The van der Waals surface area contributed by atoms with Crippen LogP contribution in [0.4, 0.5) is 0 Å². The van der Waals surface area contributed by atoms with Crippen LogP contribution in [0.1, 0.15) is 19.8 Å². The molecule has 1 aromatic heterocycles. The minimum Gasteiger partial charge on any atom is -0.494 e. The number of aliphatic hydroxyl groups is 1. The summed E-state index contributed by atoms with van der Waals surface area (Å²) in [6, 6.07) is 16.4. The van der Waals surface area contributed by atoms with Gasteiger partial charge in [-0.2, -0.15) is 0 Å². The Kier molecular flexibility index (Phi) is 5.29. The lowest BCUT2D eigenvalue weighted by atomic mass is 10.1. The molecule has 1 unspecified atom stereocenters. The van der Waals surface area contributed by atoms with Crippen molar-refractivity contribution in [1.82, 2.24) is 9.13 Å². The smallest absolute Gasteiger partial charge is 0.189 e. The van der Waals surface area contributed by atoms with E-state index in [-0.39, 0.29) is 6.10 Å². The third kappa shape index (κ3) is 3.65. The molecule has 0 spiro atoms. The van der Waals surface area contributed by atoms with E-state index in [9.17, 15) is 5.11 Å². The molecule has 1 aliphatic rings. The van der Waals surface area contributed by atoms with E-state index in [2.05, 4.69) is 39.5 Å². The molecule has 0 radical (unpaired) electrons. The summed E-state index contributed by atoms with van der Waals surface area (Å²) in [6.45, 7) is 5.27. The van der Waals surface area contributed by atoms with Crippen molar-refractivity contribution in [3.8, 4) is 11.4 Å². The second-order valence-corrected chi connectivity index (χ2v) is 7.49. The third-order valence-corrected chi connectivity index (χ3v) is 5.62. The Morgan fingerprint density at radius 2 is 1.89 bits per heavy atom. The monoisotopic (exact) mass is 384 g/mol. The van der Waals surface area contributed by atoms with E-state index in [0.29, 0.717) is 6.61 Å². The van der Waals surface area contributed by atoms with Crippen LogP contribution in [0.15, 0.2) is 48.5 Å². The van der Waals surface area contributed by atoms with Crippen LogP contribution in [-0.2, 0) is 6.67 Å². The maximum Gasteiger partial charge on any atom is 0.189 e. The SMILES string of the molecule is CCOc1ccc(-n2c(=S)n(C[NH+]3CCC[C@@H](O)C3)c3ccccc32)cc1. The zero-order chi connectivity index (χ0) is 18.8. The Labute approximate surface area is 164 Å². The molecule has 4 rings (SSSR count). The number of aliphatic hydroxyl groups excluding tert-OH is 1. The Hall–Kier alpha value is -2.15. The normalized spacial score (nSPS) is 20.1. The lowest BCUT2D eigenvalue weighted by molar-refractivity contribution is -0.930. The average Bonchev–Trinajstić information content (AvgIpc) is 2.95. The van der Waals surface area contributed by atoms with Gasteiger partial charge in [-0.05, 0) is 68.4 Å². The average molecular weight is 385 g/mol. The topological polar surface area (TPSA) is 43.8 Å². The minimum atomic E-state index is -0.206. The molecule has 1 aliphatic heterocycles. The van der Waals surface area contributed by atoms with Crippen LogP contribution in [0.5, 0.6) is 5.75 Å². The minimum absolute atomic E-state index is 0.206. The van der Waals surface area contributed by atoms with Crippen molar-refractivity contribution < 1.29 is 14.7 Å². The maximum absolute atomic E-state index is 10.0. The standard InChI is InChI=1S/C21H25N3O2S/c1-2-26-18-11-9-16(10-12-18)24-20-8-4-3-7-19(20)23(21(24)27)15-22-13-5-6-17(25)14-22/h3-4,7-12,17,25H,2,5-6,13-15H2,1H3/p+1/t17-/m1/s1. The zero-order valence-corrected chi connectivity index (χ0v) is 16.4. The number of nitrogens with zero attached hydrogens (tertiary/aromatic N) is 2. The lowest BCUT2D eigenvalue weighted by Gasteiger charge is -2.27. The Bertz CT molecular complexity index is 977. The first kappa shape index (κ1) is 18.2. The van der Waals surface area contributed by atoms with Gasteiger partial charge in [-0.3, -0.25) is 9.13 Å². The first-order chi connectivity index (χ1) is 13.2. The number of nitrogens with one attached hydrogen (secondary N) is 1. The van der Waals surface area contributed by atoms with Crippen molar-refractivity contribution in [2.75, 3.05) is 19.7 Å². The number of likely N-dealkylation sites (tertiary alicyclic amines) is 1. The highest BCUT2D eigenvalue weighted by atomic mass is 32.1. The van der Waals surface area contributed by atoms with E-state index in [1.165, 1.54) is 4.90 Å². The van der Waals surface area contributed by atoms with Crippen LogP contribution in [0.25, 0.3) is 16.7 Å². The summed E-state index contributed by atoms with van der Waals surface area (Å²) in [5.41, 5.74) is 3.26. The van der Waals surface area contributed by atoms with Gasteiger partial charge < -0.3 is 14.7 Å². The molecule has 2 aromatic carbocycles. The third-order valence-electron chi connectivity index (χ3n) is 5.22. The van der Waals surface area contributed by atoms with Crippen molar-refractivity contribution in [3.63, 3.8) is 0 Å². The zero-order valence-electron chi connectivity index (χ0n) is 15.6. The van der Waals surface area contributed by atoms with Gasteiger partial charge in [0.05, 0.1) is 24.2 Å². The van der Waals surface area contributed by atoms with Crippen molar-refractivity contribution in [3.05, 3.63) is 53.3 Å². The second kappa shape index (κ2) is 7.84. The van der Waals surface area contributed by atoms with Crippen LogP contribution in [0, 0.1) is 4.77 Å². The quantitative estimate of drug-likeness (QED) is 0.665. The molecule has 6 heteroatoms. The molecule has 142 valence electrons. The Morgan fingerprint density at radius 1 is 1.15 bits per heavy atom. The number of hydrogen-bond acceptors (Lipinski definition) is 3. The van der Waals surface area contributed by atoms with Gasteiger partial charge in [-0.25, -0.2) is 0 Å². The fraction of sp³-hybridized carbons (Fsp3) is 0.381. The van der Waals surface area contributed by atoms with Crippen LogP contribution in [0.3, 0.4) is 0 Å². The van der Waals surface area contributed by atoms with E-state index in [1.807, 2.05) is 25.1 Å². The van der Waals surface area contributed by atoms with Crippen LogP contribution in [-0.4, -0.2) is 40.0 Å². The summed E-state index contributed by atoms with van der Waals surface area (Å²) in [5, 5.41) is 10.0. The van der Waals surface area contributed by atoms with Gasteiger partial charge in [-0.15, -0.1) is 0 Å². The number of piperidine rings is 1.